The molecule has 0 saturated carbocycles. The average Bonchev–Trinajstić information content (AvgIpc) is 3.71. The number of methoxy groups -OCH3 is 2. The Kier molecular flexibility index (Phi) is 11.8. The van der Waals surface area contributed by atoms with Crippen molar-refractivity contribution in [2.45, 2.75) is 70.1 Å². The van der Waals surface area contributed by atoms with Gasteiger partial charge in [0.2, 0.25) is 5.91 Å². The summed E-state index contributed by atoms with van der Waals surface area (Å²) in [6.07, 6.45) is -0.764. The smallest absolute Gasteiger partial charge is 0.264 e. The number of carbonyl (C=O) groups is 4. The first-order valence-electron chi connectivity index (χ1n) is 21.0. The number of hydrogen-bond donors (Lipinski definition) is 3. The number of amides is 4. The Balaban J connectivity index is 1.11. The minimum atomic E-state index is -1.89. The molecule has 326 valence electrons. The van der Waals surface area contributed by atoms with Crippen LogP contribution in [-0.4, -0.2) is 72.3 Å². The second-order valence-corrected chi connectivity index (χ2v) is 17.0. The summed E-state index contributed by atoms with van der Waals surface area (Å²) in [6.45, 7) is 4.82. The first-order chi connectivity index (χ1) is 30.2. The highest BCUT2D eigenvalue weighted by atomic mass is 19.1. The molecule has 1 fully saturated rings. The van der Waals surface area contributed by atoms with E-state index in [1.54, 1.807) is 110 Å². The number of anilines is 3. The van der Waals surface area contributed by atoms with E-state index in [0.29, 0.717) is 51.7 Å². The van der Waals surface area contributed by atoms with Gasteiger partial charge in [0.1, 0.15) is 17.2 Å². The van der Waals surface area contributed by atoms with Crippen LogP contribution in [0.2, 0.25) is 0 Å². The van der Waals surface area contributed by atoms with Gasteiger partial charge in [-0.3, -0.25) is 19.2 Å². The van der Waals surface area contributed by atoms with Crippen LogP contribution >= 0.6 is 0 Å². The third kappa shape index (κ3) is 8.26. The number of aliphatic hydroxyl groups excluding tert-OH is 1. The highest BCUT2D eigenvalue weighted by Gasteiger charge is 2.66. The van der Waals surface area contributed by atoms with Crippen LogP contribution in [0.3, 0.4) is 0 Å². The number of nitrogens with one attached hydrogen (secondary N) is 2. The number of fused-ring (bicyclic) bond motifs is 3. The highest BCUT2D eigenvalue weighted by molar-refractivity contribution is 6.09. The number of hydrogen-bond acceptors (Lipinski definition) is 8. The minimum absolute atomic E-state index is 0.104. The first kappa shape index (κ1) is 43.1. The molecular weight excluding hydrogens is 804 g/mol. The zero-order valence-corrected chi connectivity index (χ0v) is 35.9. The van der Waals surface area contributed by atoms with Gasteiger partial charge in [-0.2, -0.15) is 0 Å². The van der Waals surface area contributed by atoms with Crippen LogP contribution in [0.4, 0.5) is 21.5 Å². The Morgan fingerprint density at radius 1 is 0.825 bits per heavy atom. The van der Waals surface area contributed by atoms with Crippen molar-refractivity contribution in [3.8, 4) is 11.5 Å². The normalized spacial score (nSPS) is 21.5. The zero-order chi connectivity index (χ0) is 44.6. The quantitative estimate of drug-likeness (QED) is 0.116. The molecule has 8 rings (SSSR count). The van der Waals surface area contributed by atoms with E-state index in [4.69, 9.17) is 14.2 Å². The number of ether oxygens (including phenoxy) is 3. The number of aliphatic hydroxyl groups is 1. The molecule has 1 saturated heterocycles. The molecule has 3 aliphatic heterocycles. The van der Waals surface area contributed by atoms with E-state index in [1.165, 1.54) is 13.8 Å². The van der Waals surface area contributed by atoms with E-state index < -0.39 is 41.2 Å². The largest absolute Gasteiger partial charge is 0.497 e. The van der Waals surface area contributed by atoms with Gasteiger partial charge < -0.3 is 39.8 Å². The molecule has 0 aliphatic carbocycles. The maximum atomic E-state index is 16.7. The lowest BCUT2D eigenvalue weighted by Gasteiger charge is -2.37. The van der Waals surface area contributed by atoms with Crippen molar-refractivity contribution in [2.24, 2.45) is 11.8 Å². The molecule has 5 aromatic carbocycles. The first-order valence-corrected chi connectivity index (χ1v) is 21.0. The lowest BCUT2D eigenvalue weighted by atomic mass is 9.71. The molecule has 13 heteroatoms. The molecule has 5 atom stereocenters. The molecule has 0 bridgehead atoms. The maximum Gasteiger partial charge on any atom is 0.264 e. The SMILES string of the molecule is COc1ccc(C(=O)Nc2ccc(CN3C(=O)[C@]4(O[C@H](CC(=O)N5Cc6ccccc6C[C@H]5CO)[C@@H](C(C)(C)F)[C@@H]4C)c4cc(NC(=O)c5ccc(OC)cc5)ccc43)cc2)cc1. The fraction of sp³-hybridized carbons (Fsp3) is 0.320. The Labute approximate surface area is 366 Å². The summed E-state index contributed by atoms with van der Waals surface area (Å²) < 4.78 is 34.1. The third-order valence-electron chi connectivity index (χ3n) is 12.7. The molecule has 3 heterocycles. The molecule has 3 aliphatic rings. The van der Waals surface area contributed by atoms with Crippen molar-refractivity contribution in [2.75, 3.05) is 36.4 Å². The van der Waals surface area contributed by atoms with Gasteiger partial charge in [0.15, 0.2) is 5.60 Å². The zero-order valence-electron chi connectivity index (χ0n) is 35.9. The van der Waals surface area contributed by atoms with Crippen molar-refractivity contribution in [3.05, 3.63) is 149 Å². The molecule has 3 N–H and O–H groups in total. The molecular formula is C50H51FN4O8. The lowest BCUT2D eigenvalue weighted by molar-refractivity contribution is -0.151. The molecule has 4 amide bonds. The third-order valence-corrected chi connectivity index (χ3v) is 12.7. The summed E-state index contributed by atoms with van der Waals surface area (Å²) in [5.74, 6) is -1.87. The van der Waals surface area contributed by atoms with Gasteiger partial charge in [0, 0.05) is 46.4 Å². The van der Waals surface area contributed by atoms with Crippen molar-refractivity contribution >= 4 is 40.7 Å². The Hall–Kier alpha value is -6.57. The molecule has 0 aromatic heterocycles. The van der Waals surface area contributed by atoms with Crippen molar-refractivity contribution in [1.29, 1.82) is 0 Å². The van der Waals surface area contributed by atoms with Gasteiger partial charge in [-0.25, -0.2) is 4.39 Å². The molecule has 5 aromatic rings. The molecule has 0 radical (unpaired) electrons. The fourth-order valence-electron chi connectivity index (χ4n) is 9.58. The van der Waals surface area contributed by atoms with Gasteiger partial charge in [-0.1, -0.05) is 43.3 Å². The van der Waals surface area contributed by atoms with E-state index in [2.05, 4.69) is 10.6 Å². The van der Waals surface area contributed by atoms with Crippen LogP contribution in [0.25, 0.3) is 0 Å². The van der Waals surface area contributed by atoms with Crippen LogP contribution in [-0.2, 0) is 39.4 Å². The Morgan fingerprint density at radius 3 is 1.97 bits per heavy atom. The molecule has 63 heavy (non-hydrogen) atoms. The topological polar surface area (TPSA) is 147 Å². The van der Waals surface area contributed by atoms with Crippen LogP contribution in [0.15, 0.2) is 115 Å². The Morgan fingerprint density at radius 2 is 1.40 bits per heavy atom. The predicted octanol–water partition coefficient (Wildman–Crippen LogP) is 7.69. The molecule has 1 spiro atoms. The summed E-state index contributed by atoms with van der Waals surface area (Å²) in [7, 11) is 3.10. The van der Waals surface area contributed by atoms with Crippen molar-refractivity contribution in [1.82, 2.24) is 4.90 Å². The Bertz CT molecular complexity index is 2520. The summed E-state index contributed by atoms with van der Waals surface area (Å²) in [4.78, 5) is 59.3. The number of rotatable bonds is 12. The van der Waals surface area contributed by atoms with Crippen molar-refractivity contribution in [3.63, 3.8) is 0 Å². The van der Waals surface area contributed by atoms with E-state index in [0.717, 1.165) is 16.7 Å². The van der Waals surface area contributed by atoms with E-state index >= 15 is 9.18 Å². The maximum absolute atomic E-state index is 16.7. The fourth-order valence-corrected chi connectivity index (χ4v) is 9.58. The van der Waals surface area contributed by atoms with E-state index in [1.807, 2.05) is 36.4 Å². The summed E-state index contributed by atoms with van der Waals surface area (Å²) in [5.41, 5.74) is 1.90. The summed E-state index contributed by atoms with van der Waals surface area (Å²) in [5, 5.41) is 16.2. The summed E-state index contributed by atoms with van der Waals surface area (Å²) in [6, 6.07) is 33.0. The van der Waals surface area contributed by atoms with Crippen LogP contribution in [0.5, 0.6) is 11.5 Å². The molecule has 12 nitrogen and oxygen atoms in total. The van der Waals surface area contributed by atoms with E-state index in [-0.39, 0.29) is 43.8 Å². The van der Waals surface area contributed by atoms with Crippen LogP contribution < -0.4 is 25.0 Å². The number of halogens is 1. The standard InChI is InChI=1S/C50H51FN4O8/c1-30-45(49(2,3)51)43(26-44(57)54-28-35-9-7-6-8-34(35)24-38(54)29-56)63-50(30)41-25-37(53-47(59)33-14-21-40(62-5)22-15-33)18-23-42(41)55(48(50)60)27-31-10-16-36(17-11-31)52-46(58)32-12-19-39(61-4)20-13-32/h6-23,25,30,38,43,45,56H,24,26-29H2,1-5H3,(H,52,58)(H,53,59)/t30-,38-,43+,45-,50+/m0/s1. The van der Waals surface area contributed by atoms with E-state index in [9.17, 15) is 19.5 Å². The van der Waals surface area contributed by atoms with Gasteiger partial charge in [0.05, 0.1) is 51.6 Å². The monoisotopic (exact) mass is 854 g/mol. The summed E-state index contributed by atoms with van der Waals surface area (Å²) >= 11 is 0. The number of carbonyl (C=O) groups excluding carboxylic acids is 4. The average molecular weight is 855 g/mol. The number of alkyl halides is 1. The van der Waals surface area contributed by atoms with Gasteiger partial charge in [-0.15, -0.1) is 0 Å². The van der Waals surface area contributed by atoms with Gasteiger partial charge >= 0.3 is 0 Å². The number of benzene rings is 5. The van der Waals surface area contributed by atoms with Crippen molar-refractivity contribution < 1.29 is 42.9 Å². The highest BCUT2D eigenvalue weighted by Crippen LogP contribution is 2.59. The lowest BCUT2D eigenvalue weighted by Crippen LogP contribution is -2.48. The molecule has 0 unspecified atom stereocenters. The second-order valence-electron chi connectivity index (χ2n) is 17.0. The predicted molar refractivity (Wildman–Crippen MR) is 237 cm³/mol. The second kappa shape index (κ2) is 17.3. The van der Waals surface area contributed by atoms with Gasteiger partial charge in [-0.05, 0) is 116 Å². The number of nitrogens with zero attached hydrogens (tertiary/aromatic N) is 2. The van der Waals surface area contributed by atoms with Crippen LogP contribution in [0, 0.1) is 11.8 Å². The van der Waals surface area contributed by atoms with Crippen LogP contribution in [0.1, 0.15) is 70.2 Å². The van der Waals surface area contributed by atoms with Gasteiger partial charge in [0.25, 0.3) is 17.7 Å². The minimum Gasteiger partial charge on any atom is -0.497 e.